The Kier molecular flexibility index (Phi) is 1.88. The van der Waals surface area contributed by atoms with E-state index >= 15 is 0 Å². The number of fused-ring (bicyclic) bond motifs is 2. The molecule has 2 aromatic rings. The van der Waals surface area contributed by atoms with Crippen LogP contribution in [-0.4, -0.2) is 11.0 Å². The van der Waals surface area contributed by atoms with Crippen LogP contribution < -0.4 is 5.32 Å². The van der Waals surface area contributed by atoms with Crippen LogP contribution in [0, 0.1) is 6.07 Å². The van der Waals surface area contributed by atoms with Crippen molar-refractivity contribution in [1.29, 1.82) is 0 Å². The standard InChI is InChI=1S/C13H13N2/c1-2-11-8-10-7-9-5-3-4-6-12(9)15-13(10)14-11/h3,5-7,11H,2,8H2,1H3,(H,14,15)/t11-/m1/s1. The zero-order chi connectivity index (χ0) is 10.3. The average Bonchev–Trinajstić information content (AvgIpc) is 2.67. The van der Waals surface area contributed by atoms with Crippen LogP contribution in [-0.2, 0) is 6.42 Å². The Balaban J connectivity index is 2.14. The lowest BCUT2D eigenvalue weighted by Crippen LogP contribution is -2.13. The average molecular weight is 197 g/mol. The third-order valence-electron chi connectivity index (χ3n) is 3.04. The van der Waals surface area contributed by atoms with Gasteiger partial charge in [0, 0.05) is 11.4 Å². The number of nitrogens with zero attached hydrogens (tertiary/aromatic N) is 1. The first kappa shape index (κ1) is 8.72. The molecule has 1 aromatic heterocycles. The normalized spacial score (nSPS) is 18.9. The fourth-order valence-electron chi connectivity index (χ4n) is 2.14. The Labute approximate surface area is 89.3 Å². The van der Waals surface area contributed by atoms with E-state index in [1.165, 1.54) is 10.9 Å². The first-order valence-electron chi connectivity index (χ1n) is 5.43. The lowest BCUT2D eigenvalue weighted by Gasteiger charge is -2.05. The van der Waals surface area contributed by atoms with Crippen molar-refractivity contribution < 1.29 is 0 Å². The maximum Gasteiger partial charge on any atom is 0.130 e. The lowest BCUT2D eigenvalue weighted by molar-refractivity contribution is 0.723. The summed E-state index contributed by atoms with van der Waals surface area (Å²) < 4.78 is 0. The maximum absolute atomic E-state index is 4.61. The van der Waals surface area contributed by atoms with Crippen molar-refractivity contribution in [1.82, 2.24) is 4.98 Å². The van der Waals surface area contributed by atoms with Crippen molar-refractivity contribution in [2.24, 2.45) is 0 Å². The topological polar surface area (TPSA) is 24.9 Å². The van der Waals surface area contributed by atoms with Crippen LogP contribution in [0.4, 0.5) is 5.82 Å². The van der Waals surface area contributed by atoms with E-state index in [0.717, 1.165) is 24.2 Å². The van der Waals surface area contributed by atoms with Crippen LogP contribution in [0.3, 0.4) is 0 Å². The van der Waals surface area contributed by atoms with E-state index in [9.17, 15) is 0 Å². The van der Waals surface area contributed by atoms with Crippen LogP contribution in [0.2, 0.25) is 0 Å². The van der Waals surface area contributed by atoms with Crippen molar-refractivity contribution in [2.75, 3.05) is 5.32 Å². The van der Waals surface area contributed by atoms with Gasteiger partial charge in [0.05, 0.1) is 5.52 Å². The number of nitrogens with one attached hydrogen (secondary N) is 1. The summed E-state index contributed by atoms with van der Waals surface area (Å²) >= 11 is 0. The summed E-state index contributed by atoms with van der Waals surface area (Å²) in [6.07, 6.45) is 2.26. The lowest BCUT2D eigenvalue weighted by atomic mass is 10.1. The van der Waals surface area contributed by atoms with E-state index in [4.69, 9.17) is 0 Å². The highest BCUT2D eigenvalue weighted by Crippen LogP contribution is 2.28. The van der Waals surface area contributed by atoms with Crippen molar-refractivity contribution in [3.05, 3.63) is 35.9 Å². The summed E-state index contributed by atoms with van der Waals surface area (Å²) in [6.45, 7) is 2.21. The second kappa shape index (κ2) is 3.23. The molecule has 0 spiro atoms. The fraction of sp³-hybridized carbons (Fsp3) is 0.308. The van der Waals surface area contributed by atoms with Gasteiger partial charge < -0.3 is 5.32 Å². The van der Waals surface area contributed by atoms with Gasteiger partial charge in [-0.25, -0.2) is 4.98 Å². The molecule has 0 fully saturated rings. The van der Waals surface area contributed by atoms with Gasteiger partial charge in [-0.05, 0) is 36.6 Å². The number of pyridine rings is 1. The molecule has 3 rings (SSSR count). The Morgan fingerprint density at radius 2 is 2.53 bits per heavy atom. The molecule has 75 valence electrons. The molecule has 1 atom stereocenters. The van der Waals surface area contributed by atoms with Crippen molar-refractivity contribution in [3.8, 4) is 0 Å². The molecule has 1 aliphatic heterocycles. The first-order valence-corrected chi connectivity index (χ1v) is 5.43. The quantitative estimate of drug-likeness (QED) is 0.760. The van der Waals surface area contributed by atoms with Gasteiger partial charge in [-0.1, -0.05) is 19.1 Å². The molecule has 1 aromatic carbocycles. The Bertz CT molecular complexity index is 460. The van der Waals surface area contributed by atoms with E-state index < -0.39 is 0 Å². The number of aromatic nitrogens is 1. The molecule has 2 heteroatoms. The van der Waals surface area contributed by atoms with Gasteiger partial charge in [0.2, 0.25) is 0 Å². The number of hydrogen-bond acceptors (Lipinski definition) is 2. The summed E-state index contributed by atoms with van der Waals surface area (Å²) in [6, 6.07) is 11.8. The van der Waals surface area contributed by atoms with E-state index in [-0.39, 0.29) is 0 Å². The van der Waals surface area contributed by atoms with Gasteiger partial charge in [0.25, 0.3) is 0 Å². The molecule has 15 heavy (non-hydrogen) atoms. The van der Waals surface area contributed by atoms with Gasteiger partial charge in [-0.2, -0.15) is 0 Å². The van der Waals surface area contributed by atoms with Gasteiger partial charge in [0.1, 0.15) is 5.82 Å². The molecular weight excluding hydrogens is 184 g/mol. The number of benzene rings is 1. The monoisotopic (exact) mass is 197 g/mol. The number of hydrogen-bond donors (Lipinski definition) is 1. The SMILES string of the molecule is CC[C@@H]1Cc2cc3cc[c]cc3nc2N1. The van der Waals surface area contributed by atoms with E-state index in [1.54, 1.807) is 0 Å². The van der Waals surface area contributed by atoms with E-state index in [1.807, 2.05) is 12.1 Å². The van der Waals surface area contributed by atoms with Crippen LogP contribution in [0.15, 0.2) is 24.3 Å². The van der Waals surface area contributed by atoms with Crippen molar-refractivity contribution in [3.63, 3.8) is 0 Å². The molecule has 0 bridgehead atoms. The molecule has 0 saturated heterocycles. The highest BCUT2D eigenvalue weighted by molar-refractivity contribution is 5.82. The van der Waals surface area contributed by atoms with E-state index in [0.29, 0.717) is 6.04 Å². The molecule has 1 aliphatic rings. The van der Waals surface area contributed by atoms with Crippen molar-refractivity contribution >= 4 is 16.7 Å². The first-order chi connectivity index (χ1) is 7.36. The van der Waals surface area contributed by atoms with Crippen LogP contribution in [0.5, 0.6) is 0 Å². The zero-order valence-electron chi connectivity index (χ0n) is 8.75. The van der Waals surface area contributed by atoms with Crippen LogP contribution in [0.25, 0.3) is 10.9 Å². The van der Waals surface area contributed by atoms with Gasteiger partial charge in [-0.3, -0.25) is 0 Å². The fourth-order valence-corrected chi connectivity index (χ4v) is 2.14. The summed E-state index contributed by atoms with van der Waals surface area (Å²) in [5.74, 6) is 1.06. The van der Waals surface area contributed by atoms with Crippen molar-refractivity contribution in [2.45, 2.75) is 25.8 Å². The number of rotatable bonds is 1. The molecule has 0 unspecified atom stereocenters. The third-order valence-corrected chi connectivity index (χ3v) is 3.04. The molecule has 2 heterocycles. The minimum atomic E-state index is 0.563. The molecule has 2 nitrogen and oxygen atoms in total. The van der Waals surface area contributed by atoms with Crippen LogP contribution in [0.1, 0.15) is 18.9 Å². The van der Waals surface area contributed by atoms with Crippen LogP contribution >= 0.6 is 0 Å². The molecular formula is C13H13N2. The van der Waals surface area contributed by atoms with Gasteiger partial charge in [-0.15, -0.1) is 0 Å². The highest BCUT2D eigenvalue weighted by Gasteiger charge is 2.20. The Morgan fingerprint density at radius 1 is 1.60 bits per heavy atom. The maximum atomic E-state index is 4.61. The van der Waals surface area contributed by atoms with E-state index in [2.05, 4.69) is 35.4 Å². The predicted octanol–water partition coefficient (Wildman–Crippen LogP) is 2.78. The second-order valence-corrected chi connectivity index (χ2v) is 4.07. The molecule has 0 aliphatic carbocycles. The third kappa shape index (κ3) is 1.37. The zero-order valence-corrected chi connectivity index (χ0v) is 8.75. The molecule has 1 radical (unpaired) electrons. The summed E-state index contributed by atoms with van der Waals surface area (Å²) in [7, 11) is 0. The number of anilines is 1. The minimum Gasteiger partial charge on any atom is -0.367 e. The predicted molar refractivity (Wildman–Crippen MR) is 62.0 cm³/mol. The molecule has 1 N–H and O–H groups in total. The highest BCUT2D eigenvalue weighted by atomic mass is 15.0. The summed E-state index contributed by atoms with van der Waals surface area (Å²) in [4.78, 5) is 4.61. The van der Waals surface area contributed by atoms with Gasteiger partial charge in [0.15, 0.2) is 0 Å². The largest absolute Gasteiger partial charge is 0.367 e. The second-order valence-electron chi connectivity index (χ2n) is 4.07. The molecule has 0 amide bonds. The summed E-state index contributed by atoms with van der Waals surface area (Å²) in [5, 5.41) is 4.67. The summed E-state index contributed by atoms with van der Waals surface area (Å²) in [5.41, 5.74) is 2.38. The minimum absolute atomic E-state index is 0.563. The van der Waals surface area contributed by atoms with Gasteiger partial charge >= 0.3 is 0 Å². The smallest absolute Gasteiger partial charge is 0.130 e. The Hall–Kier alpha value is -1.57. The molecule has 0 saturated carbocycles. The Morgan fingerprint density at radius 3 is 3.40 bits per heavy atom.